The van der Waals surface area contributed by atoms with Crippen LogP contribution in [0.15, 0.2) is 54.6 Å². The van der Waals surface area contributed by atoms with Crippen molar-refractivity contribution in [3.8, 4) is 0 Å². The maximum Gasteiger partial charge on any atom is 0.0320 e. The van der Waals surface area contributed by atoms with E-state index >= 15 is 0 Å². The van der Waals surface area contributed by atoms with E-state index < -0.39 is 0 Å². The van der Waals surface area contributed by atoms with Gasteiger partial charge in [0.05, 0.1) is 0 Å². The Bertz CT molecular complexity index is 524. The first-order valence-electron chi connectivity index (χ1n) is 6.71. The number of rotatable bonds is 2. The first kappa shape index (κ1) is 14.1. The van der Waals surface area contributed by atoms with Gasteiger partial charge >= 0.3 is 0 Å². The molecule has 1 aliphatic carbocycles. The van der Waals surface area contributed by atoms with Crippen molar-refractivity contribution in [3.05, 3.63) is 71.3 Å². The molecule has 1 N–H and O–H groups in total. The van der Waals surface area contributed by atoms with Crippen LogP contribution in [0.4, 0.5) is 0 Å². The summed E-state index contributed by atoms with van der Waals surface area (Å²) in [5.74, 6) is 0.562. The molecule has 3 rings (SSSR count). The smallest absolute Gasteiger partial charge is 0.0320 e. The Labute approximate surface area is 121 Å². The van der Waals surface area contributed by atoms with Gasteiger partial charge in [-0.2, -0.15) is 0 Å². The third-order valence-corrected chi connectivity index (χ3v) is 4.04. The summed E-state index contributed by atoms with van der Waals surface area (Å²) in [4.78, 5) is 0. The Morgan fingerprint density at radius 1 is 0.842 bits per heavy atom. The normalized spacial score (nSPS) is 21.3. The van der Waals surface area contributed by atoms with Crippen LogP contribution in [0.1, 0.15) is 41.5 Å². The molecular formula is C17H20ClN. The van der Waals surface area contributed by atoms with E-state index in [4.69, 9.17) is 0 Å². The fourth-order valence-electron chi connectivity index (χ4n) is 3.12. The monoisotopic (exact) mass is 273 g/mol. The van der Waals surface area contributed by atoms with E-state index in [2.05, 4.69) is 67.0 Å². The molecule has 0 aliphatic heterocycles. The summed E-state index contributed by atoms with van der Waals surface area (Å²) in [5, 5.41) is 3.43. The Balaban J connectivity index is 0.00000133. The zero-order valence-electron chi connectivity index (χ0n) is 11.2. The average molecular weight is 274 g/mol. The number of fused-ring (bicyclic) bond motifs is 1. The maximum absolute atomic E-state index is 3.43. The summed E-state index contributed by atoms with van der Waals surface area (Å²) in [6.45, 7) is 0. The van der Waals surface area contributed by atoms with Gasteiger partial charge < -0.3 is 5.32 Å². The van der Waals surface area contributed by atoms with Crippen molar-refractivity contribution in [1.29, 1.82) is 0 Å². The highest BCUT2D eigenvalue weighted by atomic mass is 35.5. The van der Waals surface area contributed by atoms with Crippen molar-refractivity contribution in [3.63, 3.8) is 0 Å². The minimum Gasteiger partial charge on any atom is -0.313 e. The van der Waals surface area contributed by atoms with E-state index in [1.165, 1.54) is 29.5 Å². The van der Waals surface area contributed by atoms with Gasteiger partial charge in [0.1, 0.15) is 0 Å². The minimum absolute atomic E-state index is 0. The molecular weight excluding hydrogens is 254 g/mol. The van der Waals surface area contributed by atoms with Crippen molar-refractivity contribution < 1.29 is 0 Å². The lowest BCUT2D eigenvalue weighted by molar-refractivity contribution is 0.471. The number of halogens is 1. The van der Waals surface area contributed by atoms with Crippen molar-refractivity contribution in [2.24, 2.45) is 0 Å². The van der Waals surface area contributed by atoms with Crippen LogP contribution < -0.4 is 5.32 Å². The van der Waals surface area contributed by atoms with Gasteiger partial charge in [-0.05, 0) is 36.6 Å². The quantitative estimate of drug-likeness (QED) is 0.860. The molecule has 1 aliphatic rings. The van der Waals surface area contributed by atoms with Crippen LogP contribution in [0.25, 0.3) is 0 Å². The Morgan fingerprint density at radius 3 is 2.16 bits per heavy atom. The fourth-order valence-corrected chi connectivity index (χ4v) is 3.12. The van der Waals surface area contributed by atoms with E-state index in [1.54, 1.807) is 0 Å². The summed E-state index contributed by atoms with van der Waals surface area (Å²) >= 11 is 0. The van der Waals surface area contributed by atoms with Crippen LogP contribution in [-0.2, 0) is 0 Å². The molecule has 2 unspecified atom stereocenters. The Hall–Kier alpha value is -1.31. The van der Waals surface area contributed by atoms with E-state index in [-0.39, 0.29) is 12.4 Å². The largest absolute Gasteiger partial charge is 0.313 e. The van der Waals surface area contributed by atoms with E-state index in [0.29, 0.717) is 12.0 Å². The molecule has 1 nitrogen and oxygen atoms in total. The average Bonchev–Trinajstić information content (AvgIpc) is 2.47. The second kappa shape index (κ2) is 6.23. The SMILES string of the molecule is CNC1CCC(c2ccccc2)c2ccccc21.Cl. The lowest BCUT2D eigenvalue weighted by Crippen LogP contribution is -2.24. The minimum atomic E-state index is 0. The Kier molecular flexibility index (Phi) is 4.62. The second-order valence-corrected chi connectivity index (χ2v) is 5.01. The van der Waals surface area contributed by atoms with Crippen molar-refractivity contribution in [2.75, 3.05) is 7.05 Å². The molecule has 2 atom stereocenters. The number of hydrogen-bond acceptors (Lipinski definition) is 1. The molecule has 19 heavy (non-hydrogen) atoms. The lowest BCUT2D eigenvalue weighted by atomic mass is 9.77. The third-order valence-electron chi connectivity index (χ3n) is 4.04. The molecule has 0 saturated heterocycles. The van der Waals surface area contributed by atoms with Gasteiger partial charge in [0, 0.05) is 12.0 Å². The molecule has 0 bridgehead atoms. The van der Waals surface area contributed by atoms with E-state index in [9.17, 15) is 0 Å². The molecule has 0 radical (unpaired) electrons. The highest BCUT2D eigenvalue weighted by Gasteiger charge is 2.26. The zero-order chi connectivity index (χ0) is 12.4. The summed E-state index contributed by atoms with van der Waals surface area (Å²) in [6, 6.07) is 20.3. The van der Waals surface area contributed by atoms with Crippen molar-refractivity contribution in [1.82, 2.24) is 5.32 Å². The first-order chi connectivity index (χ1) is 8.90. The van der Waals surface area contributed by atoms with Gasteiger partial charge in [-0.3, -0.25) is 0 Å². The molecule has 0 heterocycles. The van der Waals surface area contributed by atoms with Crippen molar-refractivity contribution >= 4 is 12.4 Å². The maximum atomic E-state index is 3.43. The molecule has 0 fully saturated rings. The van der Waals surface area contributed by atoms with E-state index in [0.717, 1.165) is 0 Å². The summed E-state index contributed by atoms with van der Waals surface area (Å²) in [5.41, 5.74) is 4.41. The van der Waals surface area contributed by atoms with Gasteiger partial charge in [0.15, 0.2) is 0 Å². The van der Waals surface area contributed by atoms with Gasteiger partial charge in [0.2, 0.25) is 0 Å². The predicted octanol–water partition coefficient (Wildman–Crippen LogP) is 4.29. The number of benzene rings is 2. The fraction of sp³-hybridized carbons (Fsp3) is 0.294. The lowest BCUT2D eigenvalue weighted by Gasteiger charge is -2.31. The molecule has 100 valence electrons. The molecule has 2 aromatic carbocycles. The molecule has 0 saturated carbocycles. The number of nitrogens with one attached hydrogen (secondary N) is 1. The third kappa shape index (κ3) is 2.68. The highest BCUT2D eigenvalue weighted by molar-refractivity contribution is 5.85. The summed E-state index contributed by atoms with van der Waals surface area (Å²) < 4.78 is 0. The second-order valence-electron chi connectivity index (χ2n) is 5.01. The predicted molar refractivity (Wildman–Crippen MR) is 83.0 cm³/mol. The van der Waals surface area contributed by atoms with Crippen LogP contribution >= 0.6 is 12.4 Å². The molecule has 0 amide bonds. The van der Waals surface area contributed by atoms with Gasteiger partial charge in [0.25, 0.3) is 0 Å². The topological polar surface area (TPSA) is 12.0 Å². The van der Waals surface area contributed by atoms with Crippen LogP contribution in [0, 0.1) is 0 Å². The number of hydrogen-bond donors (Lipinski definition) is 1. The molecule has 0 aromatic heterocycles. The van der Waals surface area contributed by atoms with Crippen LogP contribution in [0.5, 0.6) is 0 Å². The summed E-state index contributed by atoms with van der Waals surface area (Å²) in [7, 11) is 2.06. The van der Waals surface area contributed by atoms with Gasteiger partial charge in [-0.15, -0.1) is 12.4 Å². The molecule has 2 heteroatoms. The van der Waals surface area contributed by atoms with Crippen molar-refractivity contribution in [2.45, 2.75) is 24.8 Å². The van der Waals surface area contributed by atoms with Gasteiger partial charge in [-0.25, -0.2) is 0 Å². The van der Waals surface area contributed by atoms with Gasteiger partial charge in [-0.1, -0.05) is 54.6 Å². The highest BCUT2D eigenvalue weighted by Crippen LogP contribution is 2.40. The van der Waals surface area contributed by atoms with E-state index in [1.807, 2.05) is 0 Å². The summed E-state index contributed by atoms with van der Waals surface area (Å²) in [6.07, 6.45) is 2.44. The molecule has 0 spiro atoms. The van der Waals surface area contributed by atoms with Crippen LogP contribution in [0.2, 0.25) is 0 Å². The Morgan fingerprint density at radius 2 is 1.47 bits per heavy atom. The first-order valence-corrected chi connectivity index (χ1v) is 6.71. The van der Waals surface area contributed by atoms with Crippen LogP contribution in [-0.4, -0.2) is 7.05 Å². The zero-order valence-corrected chi connectivity index (χ0v) is 12.0. The molecule has 2 aromatic rings. The van der Waals surface area contributed by atoms with Crippen LogP contribution in [0.3, 0.4) is 0 Å². The standard InChI is InChI=1S/C17H19N.ClH/c1-18-17-12-11-14(13-7-3-2-4-8-13)15-9-5-6-10-16(15)17;/h2-10,14,17-18H,11-12H2,1H3;1H.